The van der Waals surface area contributed by atoms with E-state index in [9.17, 15) is 9.59 Å². The zero-order valence-corrected chi connectivity index (χ0v) is 16.8. The molecule has 0 saturated carbocycles. The van der Waals surface area contributed by atoms with E-state index in [1.165, 1.54) is 0 Å². The maximum absolute atomic E-state index is 13.6. The lowest BCUT2D eigenvalue weighted by molar-refractivity contribution is -0.151. The number of piperidine rings is 1. The van der Waals surface area contributed by atoms with Crippen LogP contribution in [0.1, 0.15) is 46.1 Å². The fraction of sp³-hybridized carbons (Fsp3) is 0.545. The average Bonchev–Trinajstić information content (AvgIpc) is 2.90. The van der Waals surface area contributed by atoms with Crippen LogP contribution in [0.15, 0.2) is 41.5 Å². The molecule has 3 rings (SSSR count). The maximum atomic E-state index is 13.6. The number of rotatable bonds is 5. The molecular weight excluding hydrogens is 340 g/mol. The molecule has 0 atom stereocenters. The quantitative estimate of drug-likeness (QED) is 0.747. The van der Waals surface area contributed by atoms with Crippen LogP contribution in [-0.4, -0.2) is 53.0 Å². The van der Waals surface area contributed by atoms with Crippen molar-refractivity contribution in [1.82, 2.24) is 9.80 Å². The SMILES string of the molecule is CCN1CCC2(CC1)OC(=O)C(C)=C2C(=O)N(Cc1ccccc1)C(C)C. The Bertz CT molecular complexity index is 731. The number of hydrogen-bond acceptors (Lipinski definition) is 4. The van der Waals surface area contributed by atoms with Gasteiger partial charge in [0.15, 0.2) is 0 Å². The molecule has 0 aromatic heterocycles. The van der Waals surface area contributed by atoms with Crippen LogP contribution in [-0.2, 0) is 20.9 Å². The van der Waals surface area contributed by atoms with E-state index in [-0.39, 0.29) is 17.9 Å². The number of nitrogens with zero attached hydrogens (tertiary/aromatic N) is 2. The first-order valence-electron chi connectivity index (χ1n) is 9.90. The van der Waals surface area contributed by atoms with E-state index in [1.807, 2.05) is 49.1 Å². The fourth-order valence-electron chi connectivity index (χ4n) is 4.10. The summed E-state index contributed by atoms with van der Waals surface area (Å²) < 4.78 is 5.82. The molecule has 2 heterocycles. The Morgan fingerprint density at radius 2 is 1.85 bits per heavy atom. The summed E-state index contributed by atoms with van der Waals surface area (Å²) in [5.41, 5.74) is 1.38. The van der Waals surface area contributed by atoms with Gasteiger partial charge in [-0.3, -0.25) is 4.79 Å². The van der Waals surface area contributed by atoms with Crippen LogP contribution in [0.4, 0.5) is 0 Å². The van der Waals surface area contributed by atoms with Crippen molar-refractivity contribution in [2.24, 2.45) is 0 Å². The molecular formula is C22H30N2O3. The molecule has 1 aromatic rings. The number of benzene rings is 1. The molecule has 5 nitrogen and oxygen atoms in total. The molecule has 0 N–H and O–H groups in total. The third-order valence-corrected chi connectivity index (χ3v) is 5.83. The number of likely N-dealkylation sites (tertiary alicyclic amines) is 1. The molecule has 146 valence electrons. The summed E-state index contributed by atoms with van der Waals surface area (Å²) in [5, 5.41) is 0. The van der Waals surface area contributed by atoms with Crippen molar-refractivity contribution < 1.29 is 14.3 Å². The van der Waals surface area contributed by atoms with E-state index in [4.69, 9.17) is 4.74 Å². The van der Waals surface area contributed by atoms with Gasteiger partial charge in [0.2, 0.25) is 0 Å². The highest BCUT2D eigenvalue weighted by Gasteiger charge is 2.51. The third kappa shape index (κ3) is 3.79. The highest BCUT2D eigenvalue weighted by molar-refractivity contribution is 6.07. The Morgan fingerprint density at radius 1 is 1.22 bits per heavy atom. The number of amides is 1. The van der Waals surface area contributed by atoms with Gasteiger partial charge in [-0.1, -0.05) is 37.3 Å². The van der Waals surface area contributed by atoms with Crippen molar-refractivity contribution in [3.8, 4) is 0 Å². The van der Waals surface area contributed by atoms with E-state index >= 15 is 0 Å². The van der Waals surface area contributed by atoms with E-state index in [1.54, 1.807) is 6.92 Å². The molecule has 1 spiro atoms. The number of ether oxygens (including phenoxy) is 1. The number of esters is 1. The van der Waals surface area contributed by atoms with Crippen LogP contribution in [0.2, 0.25) is 0 Å². The third-order valence-electron chi connectivity index (χ3n) is 5.83. The zero-order chi connectivity index (χ0) is 19.6. The number of carbonyl (C=O) groups is 2. The standard InChI is InChI=1S/C22H30N2O3/c1-5-23-13-11-22(12-14-23)19(17(4)21(26)27-22)20(25)24(16(2)3)15-18-9-7-6-8-10-18/h6-10,16H,5,11-15H2,1-4H3. The average molecular weight is 370 g/mol. The molecule has 0 radical (unpaired) electrons. The normalized spacial score (nSPS) is 19.7. The minimum atomic E-state index is -0.756. The van der Waals surface area contributed by atoms with Crippen LogP contribution in [0.3, 0.4) is 0 Å². The van der Waals surface area contributed by atoms with Gasteiger partial charge in [-0.2, -0.15) is 0 Å². The molecule has 2 aliphatic rings. The van der Waals surface area contributed by atoms with Gasteiger partial charge in [0.25, 0.3) is 5.91 Å². The van der Waals surface area contributed by atoms with Gasteiger partial charge in [0, 0.05) is 44.1 Å². The first-order valence-corrected chi connectivity index (χ1v) is 9.90. The molecule has 1 amide bonds. The second kappa shape index (κ2) is 7.85. The zero-order valence-electron chi connectivity index (χ0n) is 16.8. The van der Waals surface area contributed by atoms with E-state index < -0.39 is 5.60 Å². The summed E-state index contributed by atoms with van der Waals surface area (Å²) in [7, 11) is 0. The van der Waals surface area contributed by atoms with Crippen LogP contribution in [0.5, 0.6) is 0 Å². The highest BCUT2D eigenvalue weighted by Crippen LogP contribution is 2.42. The number of carbonyl (C=O) groups excluding carboxylic acids is 2. The van der Waals surface area contributed by atoms with E-state index in [0.717, 1.165) is 25.2 Å². The van der Waals surface area contributed by atoms with Crippen molar-refractivity contribution in [1.29, 1.82) is 0 Å². The predicted octanol–water partition coefficient (Wildman–Crippen LogP) is 3.15. The van der Waals surface area contributed by atoms with Gasteiger partial charge < -0.3 is 14.5 Å². The van der Waals surface area contributed by atoms with Gasteiger partial charge in [0.05, 0.1) is 5.57 Å². The highest BCUT2D eigenvalue weighted by atomic mass is 16.6. The largest absolute Gasteiger partial charge is 0.450 e. The van der Waals surface area contributed by atoms with Crippen LogP contribution in [0.25, 0.3) is 0 Å². The van der Waals surface area contributed by atoms with Gasteiger partial charge in [-0.05, 0) is 32.9 Å². The van der Waals surface area contributed by atoms with Crippen LogP contribution < -0.4 is 0 Å². The first kappa shape index (κ1) is 19.6. The lowest BCUT2D eigenvalue weighted by Gasteiger charge is -2.40. The molecule has 1 aromatic carbocycles. The minimum Gasteiger partial charge on any atom is -0.450 e. The van der Waals surface area contributed by atoms with Gasteiger partial charge in [-0.25, -0.2) is 4.79 Å². The Labute approximate surface area is 162 Å². The summed E-state index contributed by atoms with van der Waals surface area (Å²) >= 11 is 0. The molecule has 1 fully saturated rings. The van der Waals surface area contributed by atoms with Gasteiger partial charge in [-0.15, -0.1) is 0 Å². The second-order valence-electron chi connectivity index (χ2n) is 7.83. The fourth-order valence-corrected chi connectivity index (χ4v) is 4.10. The summed E-state index contributed by atoms with van der Waals surface area (Å²) in [5.74, 6) is -0.408. The van der Waals surface area contributed by atoms with Gasteiger partial charge >= 0.3 is 5.97 Å². The molecule has 27 heavy (non-hydrogen) atoms. The van der Waals surface area contributed by atoms with E-state index in [2.05, 4.69) is 11.8 Å². The van der Waals surface area contributed by atoms with Crippen molar-refractivity contribution in [2.45, 2.75) is 58.7 Å². The number of hydrogen-bond donors (Lipinski definition) is 0. The Balaban J connectivity index is 1.90. The molecule has 0 aliphatic carbocycles. The Morgan fingerprint density at radius 3 is 2.41 bits per heavy atom. The molecule has 2 aliphatic heterocycles. The Kier molecular flexibility index (Phi) is 5.70. The minimum absolute atomic E-state index is 0.0292. The maximum Gasteiger partial charge on any atom is 0.335 e. The molecule has 0 bridgehead atoms. The summed E-state index contributed by atoms with van der Waals surface area (Å²) in [6.45, 7) is 11.1. The Hall–Kier alpha value is -2.14. The monoisotopic (exact) mass is 370 g/mol. The molecule has 0 unspecified atom stereocenters. The van der Waals surface area contributed by atoms with Crippen molar-refractivity contribution in [3.63, 3.8) is 0 Å². The van der Waals surface area contributed by atoms with Crippen molar-refractivity contribution in [2.75, 3.05) is 19.6 Å². The first-order chi connectivity index (χ1) is 12.9. The summed E-state index contributed by atoms with van der Waals surface area (Å²) in [6.07, 6.45) is 1.37. The predicted molar refractivity (Wildman–Crippen MR) is 105 cm³/mol. The topological polar surface area (TPSA) is 49.9 Å². The van der Waals surface area contributed by atoms with Gasteiger partial charge in [0.1, 0.15) is 5.60 Å². The summed E-state index contributed by atoms with van der Waals surface area (Å²) in [6, 6.07) is 10.0. The van der Waals surface area contributed by atoms with Crippen molar-refractivity contribution in [3.05, 3.63) is 47.0 Å². The smallest absolute Gasteiger partial charge is 0.335 e. The molecule has 5 heteroatoms. The summed E-state index contributed by atoms with van der Waals surface area (Å²) in [4.78, 5) is 30.2. The second-order valence-corrected chi connectivity index (χ2v) is 7.83. The molecule has 1 saturated heterocycles. The lowest BCUT2D eigenvalue weighted by atomic mass is 9.82. The lowest BCUT2D eigenvalue weighted by Crippen LogP contribution is -2.50. The van der Waals surface area contributed by atoms with Crippen LogP contribution in [0, 0.1) is 0 Å². The van der Waals surface area contributed by atoms with E-state index in [0.29, 0.717) is 30.5 Å². The van der Waals surface area contributed by atoms with Crippen LogP contribution >= 0.6 is 0 Å². The van der Waals surface area contributed by atoms with Crippen molar-refractivity contribution >= 4 is 11.9 Å².